The number of benzene rings is 1. The highest BCUT2D eigenvalue weighted by Crippen LogP contribution is 2.14. The van der Waals surface area contributed by atoms with E-state index in [0.717, 1.165) is 13.1 Å². The fraction of sp³-hybridized carbons (Fsp3) is 0.500. The van der Waals surface area contributed by atoms with Crippen LogP contribution in [0.4, 0.5) is 5.69 Å². The van der Waals surface area contributed by atoms with Crippen LogP contribution in [0.5, 0.6) is 0 Å². The highest BCUT2D eigenvalue weighted by Gasteiger charge is 2.14. The van der Waals surface area contributed by atoms with Gasteiger partial charge in [-0.3, -0.25) is 0 Å². The van der Waals surface area contributed by atoms with E-state index >= 15 is 0 Å². The highest BCUT2D eigenvalue weighted by molar-refractivity contribution is 5.46. The third-order valence-electron chi connectivity index (χ3n) is 2.89. The molecule has 1 aromatic rings. The van der Waals surface area contributed by atoms with Crippen molar-refractivity contribution >= 4 is 5.69 Å². The molecule has 1 aliphatic heterocycles. The van der Waals surface area contributed by atoms with Crippen molar-refractivity contribution in [2.45, 2.75) is 6.92 Å². The van der Waals surface area contributed by atoms with Crippen molar-refractivity contribution < 1.29 is 0 Å². The zero-order valence-electron chi connectivity index (χ0n) is 8.74. The van der Waals surface area contributed by atoms with Crippen LogP contribution in [0.15, 0.2) is 24.3 Å². The molecule has 1 fully saturated rings. The van der Waals surface area contributed by atoms with Gasteiger partial charge in [0, 0.05) is 31.9 Å². The third-order valence-corrected chi connectivity index (χ3v) is 2.89. The minimum atomic E-state index is 1.15. The van der Waals surface area contributed by atoms with Crippen LogP contribution in [0.25, 0.3) is 0 Å². The predicted octanol–water partition coefficient (Wildman–Crippen LogP) is 1.63. The minimum Gasteiger partial charge on any atom is -0.369 e. The number of anilines is 1. The molecule has 0 saturated carbocycles. The van der Waals surface area contributed by atoms with Crippen LogP contribution in [-0.2, 0) is 0 Å². The molecular formula is C12H17N2. The van der Waals surface area contributed by atoms with E-state index in [2.05, 4.69) is 34.9 Å². The summed E-state index contributed by atoms with van der Waals surface area (Å²) < 4.78 is 0. The molecule has 0 spiro atoms. The van der Waals surface area contributed by atoms with Gasteiger partial charge in [0.15, 0.2) is 0 Å². The van der Waals surface area contributed by atoms with Gasteiger partial charge < -0.3 is 9.80 Å². The predicted molar refractivity (Wildman–Crippen MR) is 59.6 cm³/mol. The van der Waals surface area contributed by atoms with Gasteiger partial charge in [-0.15, -0.1) is 0 Å². The number of hydrogen-bond donors (Lipinski definition) is 0. The summed E-state index contributed by atoms with van der Waals surface area (Å²) in [5.74, 6) is 0. The van der Waals surface area contributed by atoms with E-state index in [1.54, 1.807) is 0 Å². The van der Waals surface area contributed by atoms with Crippen molar-refractivity contribution in [3.63, 3.8) is 0 Å². The molecule has 1 aliphatic rings. The number of hydrogen-bond acceptors (Lipinski definition) is 2. The molecule has 0 atom stereocenters. The Kier molecular flexibility index (Phi) is 3.04. The summed E-state index contributed by atoms with van der Waals surface area (Å²) in [6.07, 6.45) is 0. The highest BCUT2D eigenvalue weighted by atomic mass is 15.3. The van der Waals surface area contributed by atoms with Gasteiger partial charge in [-0.1, -0.05) is 19.1 Å². The lowest BCUT2D eigenvalue weighted by Crippen LogP contribution is -2.46. The zero-order chi connectivity index (χ0) is 9.80. The first-order valence-corrected chi connectivity index (χ1v) is 5.33. The lowest BCUT2D eigenvalue weighted by Gasteiger charge is -2.35. The van der Waals surface area contributed by atoms with E-state index in [1.165, 1.54) is 25.3 Å². The van der Waals surface area contributed by atoms with Crippen LogP contribution in [0.2, 0.25) is 0 Å². The second-order valence-corrected chi connectivity index (χ2v) is 3.68. The maximum absolute atomic E-state index is 3.05. The summed E-state index contributed by atoms with van der Waals surface area (Å²) in [7, 11) is 0. The number of rotatable bonds is 2. The monoisotopic (exact) mass is 189 g/mol. The molecule has 1 saturated heterocycles. The number of piperazine rings is 1. The van der Waals surface area contributed by atoms with Crippen molar-refractivity contribution in [1.29, 1.82) is 0 Å². The van der Waals surface area contributed by atoms with Crippen molar-refractivity contribution in [1.82, 2.24) is 4.90 Å². The van der Waals surface area contributed by atoms with Crippen LogP contribution in [0.1, 0.15) is 6.92 Å². The topological polar surface area (TPSA) is 6.48 Å². The molecule has 1 aromatic carbocycles. The standard InChI is InChI=1S/C12H17N2/c1-2-13-8-10-14(11-9-13)12-6-4-3-5-7-12/h4-7H,2,8-11H2,1H3. The molecule has 14 heavy (non-hydrogen) atoms. The third kappa shape index (κ3) is 2.07. The average Bonchev–Trinajstić information content (AvgIpc) is 2.30. The maximum Gasteiger partial charge on any atom is 0.0367 e. The van der Waals surface area contributed by atoms with Crippen molar-refractivity contribution in [2.24, 2.45) is 0 Å². The fourth-order valence-corrected chi connectivity index (χ4v) is 1.91. The van der Waals surface area contributed by atoms with Crippen LogP contribution in [0, 0.1) is 6.07 Å². The van der Waals surface area contributed by atoms with E-state index in [9.17, 15) is 0 Å². The molecule has 0 aromatic heterocycles. The smallest absolute Gasteiger partial charge is 0.0367 e. The molecule has 0 unspecified atom stereocenters. The SMILES string of the molecule is CCN1CCN(c2cc[c]cc2)CC1. The number of nitrogens with zero attached hydrogens (tertiary/aromatic N) is 2. The Morgan fingerprint density at radius 3 is 2.36 bits per heavy atom. The Morgan fingerprint density at radius 2 is 1.79 bits per heavy atom. The Balaban J connectivity index is 1.96. The summed E-state index contributed by atoms with van der Waals surface area (Å²) in [4.78, 5) is 4.94. The molecule has 0 bridgehead atoms. The number of likely N-dealkylation sites (N-methyl/N-ethyl adjacent to an activating group) is 1. The van der Waals surface area contributed by atoms with Crippen molar-refractivity contribution in [3.8, 4) is 0 Å². The Morgan fingerprint density at radius 1 is 1.14 bits per heavy atom. The van der Waals surface area contributed by atoms with E-state index in [0.29, 0.717) is 0 Å². The largest absolute Gasteiger partial charge is 0.369 e. The van der Waals surface area contributed by atoms with E-state index in [4.69, 9.17) is 0 Å². The molecule has 0 aliphatic carbocycles. The molecule has 2 nitrogen and oxygen atoms in total. The normalized spacial score (nSPS) is 18.5. The first-order chi connectivity index (χ1) is 6.90. The summed E-state index contributed by atoms with van der Waals surface area (Å²) >= 11 is 0. The molecule has 1 radical (unpaired) electrons. The van der Waals surface area contributed by atoms with E-state index in [-0.39, 0.29) is 0 Å². The van der Waals surface area contributed by atoms with Crippen molar-refractivity contribution in [3.05, 3.63) is 30.3 Å². The van der Waals surface area contributed by atoms with Gasteiger partial charge in [0.2, 0.25) is 0 Å². The Labute approximate surface area is 86.1 Å². The summed E-state index contributed by atoms with van der Waals surface area (Å²) in [5.41, 5.74) is 1.33. The molecule has 1 heterocycles. The lowest BCUT2D eigenvalue weighted by atomic mass is 10.2. The van der Waals surface area contributed by atoms with Gasteiger partial charge in [0.05, 0.1) is 0 Å². The molecule has 2 rings (SSSR count). The Hall–Kier alpha value is -1.02. The fourth-order valence-electron chi connectivity index (χ4n) is 1.91. The molecular weight excluding hydrogens is 172 g/mol. The second kappa shape index (κ2) is 4.47. The second-order valence-electron chi connectivity index (χ2n) is 3.68. The average molecular weight is 189 g/mol. The van der Waals surface area contributed by atoms with Gasteiger partial charge in [0.25, 0.3) is 0 Å². The molecule has 75 valence electrons. The van der Waals surface area contributed by atoms with Crippen LogP contribution in [-0.4, -0.2) is 37.6 Å². The summed E-state index contributed by atoms with van der Waals surface area (Å²) in [5, 5.41) is 0. The molecule has 0 amide bonds. The van der Waals surface area contributed by atoms with Gasteiger partial charge in [-0.25, -0.2) is 0 Å². The quantitative estimate of drug-likeness (QED) is 0.697. The van der Waals surface area contributed by atoms with Gasteiger partial charge in [0.1, 0.15) is 0 Å². The van der Waals surface area contributed by atoms with Crippen LogP contribution >= 0.6 is 0 Å². The molecule has 0 N–H and O–H groups in total. The van der Waals surface area contributed by atoms with Gasteiger partial charge in [-0.2, -0.15) is 0 Å². The van der Waals surface area contributed by atoms with Gasteiger partial charge in [-0.05, 0) is 24.7 Å². The van der Waals surface area contributed by atoms with E-state index in [1.807, 2.05) is 12.1 Å². The Bertz CT molecular complexity index is 263. The van der Waals surface area contributed by atoms with E-state index < -0.39 is 0 Å². The summed E-state index contributed by atoms with van der Waals surface area (Å²) in [6, 6.07) is 11.3. The first-order valence-electron chi connectivity index (χ1n) is 5.33. The van der Waals surface area contributed by atoms with Crippen molar-refractivity contribution in [2.75, 3.05) is 37.6 Å². The maximum atomic E-state index is 3.05. The zero-order valence-corrected chi connectivity index (χ0v) is 8.74. The molecule has 2 heteroatoms. The first kappa shape index (κ1) is 9.53. The van der Waals surface area contributed by atoms with Crippen LogP contribution in [0.3, 0.4) is 0 Å². The van der Waals surface area contributed by atoms with Gasteiger partial charge >= 0.3 is 0 Å². The lowest BCUT2D eigenvalue weighted by molar-refractivity contribution is 0.271. The summed E-state index contributed by atoms with van der Waals surface area (Å²) in [6.45, 7) is 8.09. The van der Waals surface area contributed by atoms with Crippen LogP contribution < -0.4 is 4.90 Å². The minimum absolute atomic E-state index is 1.15.